The Hall–Kier alpha value is -2.05. The molecule has 1 aliphatic heterocycles. The van der Waals surface area contributed by atoms with Crippen molar-refractivity contribution in [2.75, 3.05) is 32.7 Å². The number of nitrogens with one attached hydrogen (secondary N) is 1. The molecule has 11 nitrogen and oxygen atoms in total. The minimum atomic E-state index is -1.24. The van der Waals surface area contributed by atoms with Crippen LogP contribution < -0.4 is 11.3 Å². The van der Waals surface area contributed by atoms with Crippen LogP contribution in [-0.2, 0) is 14.2 Å². The summed E-state index contributed by atoms with van der Waals surface area (Å²) in [7, 11) is 1.55. The number of aromatic amines is 1. The van der Waals surface area contributed by atoms with Gasteiger partial charge in [-0.25, -0.2) is 4.98 Å². The molecule has 0 amide bonds. The third-order valence-corrected chi connectivity index (χ3v) is 3.78. The predicted octanol–water partition coefficient (Wildman–Crippen LogP) is -2.02. The first kappa shape index (κ1) is 16.8. The summed E-state index contributed by atoms with van der Waals surface area (Å²) in [6.45, 7) is 0.832. The molecule has 0 saturated carbocycles. The van der Waals surface area contributed by atoms with Gasteiger partial charge in [0.2, 0.25) is 5.95 Å². The van der Waals surface area contributed by atoms with Crippen LogP contribution in [0.4, 0.5) is 5.95 Å². The van der Waals surface area contributed by atoms with Crippen LogP contribution in [0.15, 0.2) is 11.1 Å². The number of aromatic nitrogens is 4. The molecule has 0 aromatic carbocycles. The largest absolute Gasteiger partial charge is 0.387 e. The van der Waals surface area contributed by atoms with Crippen molar-refractivity contribution in [1.29, 1.82) is 0 Å². The van der Waals surface area contributed by atoms with Crippen molar-refractivity contribution in [3.63, 3.8) is 0 Å². The van der Waals surface area contributed by atoms with E-state index < -0.39 is 30.1 Å². The second-order valence-electron chi connectivity index (χ2n) is 5.39. The van der Waals surface area contributed by atoms with Crippen LogP contribution >= 0.6 is 0 Å². The zero-order valence-corrected chi connectivity index (χ0v) is 13.0. The number of aliphatic hydroxyl groups excluding tert-OH is 2. The highest BCUT2D eigenvalue weighted by molar-refractivity contribution is 5.70. The molecule has 0 radical (unpaired) electrons. The third kappa shape index (κ3) is 2.99. The fourth-order valence-corrected chi connectivity index (χ4v) is 2.57. The average Bonchev–Trinajstić information content (AvgIpc) is 3.07. The number of methoxy groups -OCH3 is 1. The smallest absolute Gasteiger partial charge is 0.280 e. The summed E-state index contributed by atoms with van der Waals surface area (Å²) in [5, 5.41) is 20.4. The van der Waals surface area contributed by atoms with Crippen LogP contribution in [0.5, 0.6) is 0 Å². The van der Waals surface area contributed by atoms with Gasteiger partial charge in [-0.15, -0.1) is 0 Å². The number of hydrogen-bond acceptors (Lipinski definition) is 9. The van der Waals surface area contributed by atoms with E-state index in [9.17, 15) is 15.0 Å². The maximum absolute atomic E-state index is 11.8. The summed E-state index contributed by atoms with van der Waals surface area (Å²) in [5.41, 5.74) is 5.27. The molecule has 11 heteroatoms. The molecule has 2 aromatic rings. The van der Waals surface area contributed by atoms with Crippen LogP contribution in [0.25, 0.3) is 11.2 Å². The van der Waals surface area contributed by atoms with E-state index in [1.165, 1.54) is 10.9 Å². The summed E-state index contributed by atoms with van der Waals surface area (Å²) in [5.74, 6) is -0.0817. The van der Waals surface area contributed by atoms with E-state index in [2.05, 4.69) is 15.0 Å². The molecular formula is C13H19N5O6. The van der Waals surface area contributed by atoms with Gasteiger partial charge in [0.15, 0.2) is 17.4 Å². The van der Waals surface area contributed by atoms with Gasteiger partial charge in [-0.2, -0.15) is 4.98 Å². The molecule has 1 fully saturated rings. The number of H-pyrrole nitrogens is 1. The van der Waals surface area contributed by atoms with Crippen molar-refractivity contribution < 1.29 is 24.4 Å². The van der Waals surface area contributed by atoms with Gasteiger partial charge < -0.3 is 30.2 Å². The fourth-order valence-electron chi connectivity index (χ4n) is 2.57. The van der Waals surface area contributed by atoms with Crippen molar-refractivity contribution in [3.8, 4) is 0 Å². The summed E-state index contributed by atoms with van der Waals surface area (Å²) < 4.78 is 17.2. The minimum Gasteiger partial charge on any atom is -0.387 e. The zero-order valence-electron chi connectivity index (χ0n) is 13.0. The number of rotatable bonds is 6. The first-order valence-electron chi connectivity index (χ1n) is 7.33. The minimum absolute atomic E-state index is 0.0642. The van der Waals surface area contributed by atoms with Gasteiger partial charge in [0, 0.05) is 7.11 Å². The van der Waals surface area contributed by atoms with Crippen LogP contribution in [0.2, 0.25) is 0 Å². The molecule has 3 rings (SSSR count). The van der Waals surface area contributed by atoms with Gasteiger partial charge in [-0.05, 0) is 0 Å². The van der Waals surface area contributed by atoms with Gasteiger partial charge in [0.25, 0.3) is 5.56 Å². The van der Waals surface area contributed by atoms with E-state index >= 15 is 0 Å². The average molecular weight is 341 g/mol. The summed E-state index contributed by atoms with van der Waals surface area (Å²) in [6.07, 6.45) is -2.79. The maximum Gasteiger partial charge on any atom is 0.280 e. The molecule has 1 aliphatic rings. The SMILES string of the molecule is COCCOC[C@H]1O[C@@H](n2cnc3c(=O)[nH]c(N)nc32)[C@H](O)[C@@H]1O. The van der Waals surface area contributed by atoms with Gasteiger partial charge >= 0.3 is 0 Å². The maximum atomic E-state index is 11.8. The molecule has 0 spiro atoms. The standard InChI is InChI=1S/C13H19N5O6/c1-22-2-3-23-4-6-8(19)9(20)12(24-6)18-5-15-7-10(18)16-13(14)17-11(7)21/h5-6,8-9,12,19-20H,2-4H2,1H3,(H3,14,16,17,21)/t6-,8-,9-,12-/m1/s1. The summed E-state index contributed by atoms with van der Waals surface area (Å²) >= 11 is 0. The number of anilines is 1. The predicted molar refractivity (Wildman–Crippen MR) is 81.2 cm³/mol. The topological polar surface area (TPSA) is 158 Å². The van der Waals surface area contributed by atoms with E-state index in [4.69, 9.17) is 19.9 Å². The highest BCUT2D eigenvalue weighted by atomic mass is 16.6. The fraction of sp³-hybridized carbons (Fsp3) is 0.615. The molecule has 1 saturated heterocycles. The lowest BCUT2D eigenvalue weighted by molar-refractivity contribution is -0.0697. The Morgan fingerprint density at radius 1 is 1.42 bits per heavy atom. The molecular weight excluding hydrogens is 322 g/mol. The molecule has 132 valence electrons. The Kier molecular flexibility index (Phi) is 4.78. The van der Waals surface area contributed by atoms with Crippen LogP contribution in [0, 0.1) is 0 Å². The normalized spacial score (nSPS) is 27.1. The molecule has 4 atom stereocenters. The Labute approximate surface area is 136 Å². The summed E-state index contributed by atoms with van der Waals surface area (Å²) in [4.78, 5) is 22.1. The van der Waals surface area contributed by atoms with E-state index in [0.29, 0.717) is 13.2 Å². The van der Waals surface area contributed by atoms with Crippen LogP contribution in [0.1, 0.15) is 6.23 Å². The lowest BCUT2D eigenvalue weighted by atomic mass is 10.1. The van der Waals surface area contributed by atoms with E-state index in [0.717, 1.165) is 0 Å². The third-order valence-electron chi connectivity index (χ3n) is 3.78. The second-order valence-corrected chi connectivity index (χ2v) is 5.39. The first-order valence-corrected chi connectivity index (χ1v) is 7.33. The Bertz CT molecular complexity index is 761. The molecule has 0 bridgehead atoms. The van der Waals surface area contributed by atoms with Gasteiger partial charge in [0.1, 0.15) is 18.3 Å². The number of nitrogens with zero attached hydrogens (tertiary/aromatic N) is 3. The van der Waals surface area contributed by atoms with Crippen molar-refractivity contribution in [2.24, 2.45) is 0 Å². The quantitative estimate of drug-likeness (QED) is 0.435. The Morgan fingerprint density at radius 3 is 2.96 bits per heavy atom. The molecule has 24 heavy (non-hydrogen) atoms. The summed E-state index contributed by atoms with van der Waals surface area (Å²) in [6, 6.07) is 0. The number of nitrogen functional groups attached to an aromatic ring is 1. The monoisotopic (exact) mass is 341 g/mol. The van der Waals surface area contributed by atoms with Crippen molar-refractivity contribution in [2.45, 2.75) is 24.5 Å². The van der Waals surface area contributed by atoms with Gasteiger partial charge in [-0.3, -0.25) is 14.3 Å². The molecule has 3 heterocycles. The number of ether oxygens (including phenoxy) is 3. The Balaban J connectivity index is 1.81. The van der Waals surface area contributed by atoms with E-state index in [-0.39, 0.29) is 23.7 Å². The van der Waals surface area contributed by atoms with E-state index in [1.807, 2.05) is 0 Å². The van der Waals surface area contributed by atoms with E-state index in [1.54, 1.807) is 7.11 Å². The van der Waals surface area contributed by atoms with Crippen molar-refractivity contribution >= 4 is 17.1 Å². The number of imidazole rings is 1. The van der Waals surface area contributed by atoms with Crippen LogP contribution in [-0.4, -0.2) is 75.0 Å². The van der Waals surface area contributed by atoms with Crippen LogP contribution in [0.3, 0.4) is 0 Å². The molecule has 5 N–H and O–H groups in total. The number of fused-ring (bicyclic) bond motifs is 1. The van der Waals surface area contributed by atoms with Gasteiger partial charge in [0.05, 0.1) is 26.1 Å². The first-order chi connectivity index (χ1) is 11.5. The number of nitrogens with two attached hydrogens (primary N) is 1. The molecule has 2 aromatic heterocycles. The molecule has 0 unspecified atom stereocenters. The lowest BCUT2D eigenvalue weighted by Crippen LogP contribution is -2.34. The lowest BCUT2D eigenvalue weighted by Gasteiger charge is -2.16. The van der Waals surface area contributed by atoms with Gasteiger partial charge in [-0.1, -0.05) is 0 Å². The Morgan fingerprint density at radius 2 is 2.21 bits per heavy atom. The zero-order chi connectivity index (χ0) is 17.3. The second kappa shape index (κ2) is 6.83. The number of hydrogen-bond donors (Lipinski definition) is 4. The highest BCUT2D eigenvalue weighted by Crippen LogP contribution is 2.31. The van der Waals surface area contributed by atoms with Crippen molar-refractivity contribution in [1.82, 2.24) is 19.5 Å². The number of aliphatic hydroxyl groups is 2. The molecule has 0 aliphatic carbocycles. The van der Waals surface area contributed by atoms with Crippen molar-refractivity contribution in [3.05, 3.63) is 16.7 Å². The highest BCUT2D eigenvalue weighted by Gasteiger charge is 2.44.